The lowest BCUT2D eigenvalue weighted by atomic mass is 10.1. The van der Waals surface area contributed by atoms with E-state index in [1.807, 2.05) is 6.07 Å². The van der Waals surface area contributed by atoms with Gasteiger partial charge >= 0.3 is 0 Å². The second kappa shape index (κ2) is 6.83. The standard InChI is InChI=1S/C14H20FNO2/c1-17-7-5-14-11-16(6-8-18-14)10-12-3-2-4-13(15)9-12/h2-4,9,14H,5-8,10-11H2,1H3/t14-/m1/s1. The predicted molar refractivity (Wildman–Crippen MR) is 67.9 cm³/mol. The van der Waals surface area contributed by atoms with E-state index in [0.29, 0.717) is 0 Å². The van der Waals surface area contributed by atoms with Crippen molar-refractivity contribution >= 4 is 0 Å². The molecule has 100 valence electrons. The first kappa shape index (κ1) is 13.5. The molecule has 0 aromatic heterocycles. The SMILES string of the molecule is COCC[C@@H]1CN(Cc2cccc(F)c2)CCO1. The van der Waals surface area contributed by atoms with E-state index in [1.54, 1.807) is 19.2 Å². The van der Waals surface area contributed by atoms with Crippen molar-refractivity contribution in [1.29, 1.82) is 0 Å². The molecular formula is C14H20FNO2. The number of hydrogen-bond acceptors (Lipinski definition) is 3. The number of nitrogens with zero attached hydrogens (tertiary/aromatic N) is 1. The Morgan fingerprint density at radius 3 is 3.17 bits per heavy atom. The lowest BCUT2D eigenvalue weighted by Crippen LogP contribution is -2.42. The maximum atomic E-state index is 13.1. The molecule has 0 radical (unpaired) electrons. The smallest absolute Gasteiger partial charge is 0.123 e. The molecule has 1 atom stereocenters. The molecular weight excluding hydrogens is 233 g/mol. The Hall–Kier alpha value is -0.970. The summed E-state index contributed by atoms with van der Waals surface area (Å²) in [5.74, 6) is -0.170. The average molecular weight is 253 g/mol. The van der Waals surface area contributed by atoms with Crippen molar-refractivity contribution in [2.45, 2.75) is 19.1 Å². The van der Waals surface area contributed by atoms with E-state index in [0.717, 1.165) is 44.8 Å². The largest absolute Gasteiger partial charge is 0.385 e. The molecule has 0 aliphatic carbocycles. The Kier molecular flexibility index (Phi) is 5.11. The van der Waals surface area contributed by atoms with Crippen LogP contribution in [0.15, 0.2) is 24.3 Å². The Bertz CT molecular complexity index is 373. The number of ether oxygens (including phenoxy) is 2. The normalized spacial score (nSPS) is 21.1. The fourth-order valence-corrected chi connectivity index (χ4v) is 2.24. The molecule has 18 heavy (non-hydrogen) atoms. The maximum absolute atomic E-state index is 13.1. The highest BCUT2D eigenvalue weighted by Gasteiger charge is 2.20. The van der Waals surface area contributed by atoms with E-state index in [9.17, 15) is 4.39 Å². The van der Waals surface area contributed by atoms with Gasteiger partial charge in [0.2, 0.25) is 0 Å². The van der Waals surface area contributed by atoms with Crippen molar-refractivity contribution in [3.8, 4) is 0 Å². The van der Waals surface area contributed by atoms with Gasteiger partial charge in [0, 0.05) is 33.4 Å². The summed E-state index contributed by atoms with van der Waals surface area (Å²) in [5, 5.41) is 0. The summed E-state index contributed by atoms with van der Waals surface area (Å²) in [4.78, 5) is 2.30. The second-order valence-corrected chi connectivity index (χ2v) is 4.64. The van der Waals surface area contributed by atoms with E-state index >= 15 is 0 Å². The zero-order valence-electron chi connectivity index (χ0n) is 10.8. The summed E-state index contributed by atoms with van der Waals surface area (Å²) >= 11 is 0. The highest BCUT2D eigenvalue weighted by Crippen LogP contribution is 2.13. The van der Waals surface area contributed by atoms with Gasteiger partial charge in [0.05, 0.1) is 12.7 Å². The van der Waals surface area contributed by atoms with Crippen LogP contribution in [0.2, 0.25) is 0 Å². The Morgan fingerprint density at radius 1 is 1.50 bits per heavy atom. The molecule has 1 heterocycles. The van der Waals surface area contributed by atoms with E-state index in [1.165, 1.54) is 6.07 Å². The highest BCUT2D eigenvalue weighted by molar-refractivity contribution is 5.16. The number of halogens is 1. The summed E-state index contributed by atoms with van der Waals surface area (Å²) in [5.41, 5.74) is 1.02. The van der Waals surface area contributed by atoms with Crippen LogP contribution in [0.5, 0.6) is 0 Å². The van der Waals surface area contributed by atoms with Gasteiger partial charge in [0.15, 0.2) is 0 Å². The summed E-state index contributed by atoms with van der Waals surface area (Å²) < 4.78 is 23.8. The summed E-state index contributed by atoms with van der Waals surface area (Å²) in [6.45, 7) is 4.03. The first-order valence-electron chi connectivity index (χ1n) is 6.35. The van der Waals surface area contributed by atoms with E-state index in [-0.39, 0.29) is 11.9 Å². The van der Waals surface area contributed by atoms with Crippen LogP contribution in [-0.4, -0.2) is 44.4 Å². The third kappa shape index (κ3) is 4.05. The molecule has 1 aliphatic rings. The first-order valence-corrected chi connectivity index (χ1v) is 6.35. The number of morpholine rings is 1. The van der Waals surface area contributed by atoms with Crippen molar-refractivity contribution in [2.24, 2.45) is 0 Å². The average Bonchev–Trinajstić information content (AvgIpc) is 2.37. The lowest BCUT2D eigenvalue weighted by molar-refractivity contribution is -0.0432. The van der Waals surface area contributed by atoms with Gasteiger partial charge in [0.1, 0.15) is 5.82 Å². The topological polar surface area (TPSA) is 21.7 Å². The molecule has 4 heteroatoms. The van der Waals surface area contributed by atoms with Gasteiger partial charge in [-0.05, 0) is 24.1 Å². The highest BCUT2D eigenvalue weighted by atomic mass is 19.1. The van der Waals surface area contributed by atoms with Crippen LogP contribution in [0.1, 0.15) is 12.0 Å². The van der Waals surface area contributed by atoms with Gasteiger partial charge in [-0.25, -0.2) is 4.39 Å². The molecule has 0 bridgehead atoms. The van der Waals surface area contributed by atoms with Crippen molar-refractivity contribution < 1.29 is 13.9 Å². The fourth-order valence-electron chi connectivity index (χ4n) is 2.24. The molecule has 0 N–H and O–H groups in total. The number of benzene rings is 1. The van der Waals surface area contributed by atoms with Gasteiger partial charge in [0.25, 0.3) is 0 Å². The van der Waals surface area contributed by atoms with Crippen molar-refractivity contribution in [3.05, 3.63) is 35.6 Å². The third-order valence-corrected chi connectivity index (χ3v) is 3.16. The molecule has 2 rings (SSSR count). The number of hydrogen-bond donors (Lipinski definition) is 0. The van der Waals surface area contributed by atoms with E-state index < -0.39 is 0 Å². The van der Waals surface area contributed by atoms with Gasteiger partial charge in [-0.1, -0.05) is 12.1 Å². The molecule has 0 amide bonds. The van der Waals surface area contributed by atoms with E-state index in [2.05, 4.69) is 4.90 Å². The van der Waals surface area contributed by atoms with Crippen LogP contribution in [0.3, 0.4) is 0 Å². The number of rotatable bonds is 5. The van der Waals surface area contributed by atoms with Crippen LogP contribution in [0.25, 0.3) is 0 Å². The maximum Gasteiger partial charge on any atom is 0.123 e. The van der Waals surface area contributed by atoms with Gasteiger partial charge < -0.3 is 9.47 Å². The van der Waals surface area contributed by atoms with Gasteiger partial charge in [-0.2, -0.15) is 0 Å². The molecule has 0 saturated carbocycles. The molecule has 1 aromatic carbocycles. The van der Waals surface area contributed by atoms with Crippen LogP contribution in [0.4, 0.5) is 4.39 Å². The Balaban J connectivity index is 1.85. The monoisotopic (exact) mass is 253 g/mol. The van der Waals surface area contributed by atoms with Crippen LogP contribution < -0.4 is 0 Å². The zero-order valence-corrected chi connectivity index (χ0v) is 10.8. The zero-order chi connectivity index (χ0) is 12.8. The molecule has 0 unspecified atom stereocenters. The van der Waals surface area contributed by atoms with Gasteiger partial charge in [-0.15, -0.1) is 0 Å². The van der Waals surface area contributed by atoms with Gasteiger partial charge in [-0.3, -0.25) is 4.90 Å². The minimum Gasteiger partial charge on any atom is -0.385 e. The minimum atomic E-state index is -0.170. The van der Waals surface area contributed by atoms with Crippen LogP contribution in [-0.2, 0) is 16.0 Å². The van der Waals surface area contributed by atoms with Crippen molar-refractivity contribution in [1.82, 2.24) is 4.90 Å². The summed E-state index contributed by atoms with van der Waals surface area (Å²) in [7, 11) is 1.70. The second-order valence-electron chi connectivity index (χ2n) is 4.64. The summed E-state index contributed by atoms with van der Waals surface area (Å²) in [6, 6.07) is 6.79. The Morgan fingerprint density at radius 2 is 2.39 bits per heavy atom. The molecule has 1 aromatic rings. The minimum absolute atomic E-state index is 0.170. The fraction of sp³-hybridized carbons (Fsp3) is 0.571. The molecule has 1 saturated heterocycles. The summed E-state index contributed by atoms with van der Waals surface area (Å²) in [6.07, 6.45) is 1.14. The number of methoxy groups -OCH3 is 1. The lowest BCUT2D eigenvalue weighted by Gasteiger charge is -2.32. The Labute approximate surface area is 107 Å². The van der Waals surface area contributed by atoms with Crippen molar-refractivity contribution in [2.75, 3.05) is 33.4 Å². The molecule has 1 aliphatic heterocycles. The third-order valence-electron chi connectivity index (χ3n) is 3.16. The van der Waals surface area contributed by atoms with Crippen molar-refractivity contribution in [3.63, 3.8) is 0 Å². The van der Waals surface area contributed by atoms with Crippen LogP contribution >= 0.6 is 0 Å². The van der Waals surface area contributed by atoms with Crippen LogP contribution in [0, 0.1) is 5.82 Å². The quantitative estimate of drug-likeness (QED) is 0.802. The molecule has 3 nitrogen and oxygen atoms in total. The molecule has 0 spiro atoms. The first-order chi connectivity index (χ1) is 8.78. The molecule has 1 fully saturated rings. The predicted octanol–water partition coefficient (Wildman–Crippen LogP) is 2.06. The van der Waals surface area contributed by atoms with E-state index in [4.69, 9.17) is 9.47 Å².